The van der Waals surface area contributed by atoms with E-state index in [2.05, 4.69) is 10.9 Å². The van der Waals surface area contributed by atoms with E-state index in [0.717, 1.165) is 12.8 Å². The van der Waals surface area contributed by atoms with E-state index in [9.17, 15) is 19.5 Å². The van der Waals surface area contributed by atoms with E-state index in [1.807, 2.05) is 6.92 Å². The molecule has 0 heterocycles. The molecule has 0 saturated heterocycles. The van der Waals surface area contributed by atoms with Gasteiger partial charge in [0.15, 0.2) is 0 Å². The first-order chi connectivity index (χ1) is 11.0. The normalized spacial score (nSPS) is 12.4. The molecule has 1 aromatic carbocycles. The van der Waals surface area contributed by atoms with Crippen LogP contribution in [0.15, 0.2) is 30.3 Å². The Kier molecular flexibility index (Phi) is 11.4. The van der Waals surface area contributed by atoms with Gasteiger partial charge in [-0.15, -0.1) is 0 Å². The number of carbonyl (C=O) groups is 3. The second kappa shape index (κ2) is 12.1. The minimum atomic E-state index is -1.13. The third kappa shape index (κ3) is 7.95. The van der Waals surface area contributed by atoms with Crippen LogP contribution in [0.2, 0.25) is 0 Å². The van der Waals surface area contributed by atoms with Crippen LogP contribution in [-0.4, -0.2) is 17.8 Å². The van der Waals surface area contributed by atoms with Crippen molar-refractivity contribution in [3.05, 3.63) is 35.9 Å². The van der Waals surface area contributed by atoms with E-state index in [0.29, 0.717) is 12.0 Å². The molecule has 0 spiro atoms. The monoisotopic (exact) mass is 342 g/mol. The van der Waals surface area contributed by atoms with Gasteiger partial charge >= 0.3 is 29.6 Å². The van der Waals surface area contributed by atoms with E-state index < -0.39 is 23.7 Å². The van der Waals surface area contributed by atoms with Crippen LogP contribution in [0.5, 0.6) is 0 Å². The molecule has 0 aliphatic carbocycles. The molecule has 1 aromatic rings. The summed E-state index contributed by atoms with van der Waals surface area (Å²) >= 11 is 0. The molecule has 2 atom stereocenters. The smallest absolute Gasteiger partial charge is 0.550 e. The molecule has 1 rings (SSSR count). The molecule has 0 radical (unpaired) electrons. The Hall–Kier alpha value is -1.37. The topological polar surface area (TPSA) is 98.3 Å². The van der Waals surface area contributed by atoms with E-state index in [-0.39, 0.29) is 41.9 Å². The number of carbonyl (C=O) groups excluding carboxylic acids is 3. The van der Waals surface area contributed by atoms with Crippen LogP contribution < -0.4 is 45.5 Å². The number of unbranched alkanes of at least 4 members (excludes halogenated alkanes) is 1. The summed E-state index contributed by atoms with van der Waals surface area (Å²) in [6.07, 6.45) is 2.16. The van der Waals surface area contributed by atoms with Crippen molar-refractivity contribution in [1.29, 1.82) is 0 Å². The first-order valence-corrected chi connectivity index (χ1v) is 7.80. The summed E-state index contributed by atoms with van der Waals surface area (Å²) in [7, 11) is 0. The fraction of sp³-hybridized carbons (Fsp3) is 0.471. The Bertz CT molecular complexity index is 537. The summed E-state index contributed by atoms with van der Waals surface area (Å²) in [4.78, 5) is 34.8. The minimum absolute atomic E-state index is 0. The molecule has 2 amide bonds. The van der Waals surface area contributed by atoms with Crippen molar-refractivity contribution in [2.45, 2.75) is 39.5 Å². The van der Waals surface area contributed by atoms with E-state index in [1.165, 1.54) is 0 Å². The van der Waals surface area contributed by atoms with Crippen molar-refractivity contribution in [1.82, 2.24) is 10.9 Å². The zero-order valence-electron chi connectivity index (χ0n) is 14.5. The van der Waals surface area contributed by atoms with E-state index in [4.69, 9.17) is 0 Å². The zero-order chi connectivity index (χ0) is 17.2. The largest absolute Gasteiger partial charge is 1.00 e. The number of carboxylic acid groups (broad SMARTS) is 1. The summed E-state index contributed by atoms with van der Waals surface area (Å²) < 4.78 is 0. The molecule has 2 unspecified atom stereocenters. The van der Waals surface area contributed by atoms with Gasteiger partial charge in [0.2, 0.25) is 5.91 Å². The number of carboxylic acids is 1. The molecular formula is C17H23N2NaO4. The first kappa shape index (κ1) is 22.6. The Morgan fingerprint density at radius 1 is 1.12 bits per heavy atom. The van der Waals surface area contributed by atoms with Crippen molar-refractivity contribution in [2.24, 2.45) is 11.8 Å². The summed E-state index contributed by atoms with van der Waals surface area (Å²) in [6, 6.07) is 8.48. The molecular weight excluding hydrogens is 319 g/mol. The maximum absolute atomic E-state index is 11.9. The van der Waals surface area contributed by atoms with Gasteiger partial charge in [0.25, 0.3) is 5.91 Å². The Labute approximate surface area is 164 Å². The zero-order valence-corrected chi connectivity index (χ0v) is 16.5. The van der Waals surface area contributed by atoms with Gasteiger partial charge in [0, 0.05) is 23.9 Å². The van der Waals surface area contributed by atoms with Crippen molar-refractivity contribution >= 4 is 17.8 Å². The van der Waals surface area contributed by atoms with Crippen LogP contribution in [-0.2, 0) is 9.59 Å². The maximum atomic E-state index is 11.9. The van der Waals surface area contributed by atoms with Crippen LogP contribution in [0.4, 0.5) is 0 Å². The minimum Gasteiger partial charge on any atom is -0.550 e. The predicted octanol–water partition coefficient (Wildman–Crippen LogP) is -1.97. The molecule has 0 aliphatic rings. The number of hydrogen-bond acceptors (Lipinski definition) is 4. The average Bonchev–Trinajstić information content (AvgIpc) is 2.53. The Balaban J connectivity index is 0.00000529. The fourth-order valence-electron chi connectivity index (χ4n) is 2.33. The number of amides is 2. The van der Waals surface area contributed by atoms with E-state index >= 15 is 0 Å². The van der Waals surface area contributed by atoms with Crippen molar-refractivity contribution in [2.75, 3.05) is 0 Å². The van der Waals surface area contributed by atoms with Gasteiger partial charge in [0.1, 0.15) is 0 Å². The summed E-state index contributed by atoms with van der Waals surface area (Å²) in [5.74, 6) is -3.00. The van der Waals surface area contributed by atoms with Gasteiger partial charge in [-0.1, -0.05) is 44.9 Å². The second-order valence-corrected chi connectivity index (χ2v) is 5.62. The number of hydrogen-bond donors (Lipinski definition) is 2. The molecule has 126 valence electrons. The maximum Gasteiger partial charge on any atom is 1.00 e. The van der Waals surface area contributed by atoms with Gasteiger partial charge in [-0.25, -0.2) is 0 Å². The molecule has 0 fully saturated rings. The number of rotatable bonds is 8. The fourth-order valence-corrected chi connectivity index (χ4v) is 2.33. The van der Waals surface area contributed by atoms with E-state index in [1.54, 1.807) is 37.3 Å². The molecule has 0 aliphatic heterocycles. The summed E-state index contributed by atoms with van der Waals surface area (Å²) in [6.45, 7) is 3.68. The third-order valence-electron chi connectivity index (χ3n) is 3.72. The molecule has 2 N–H and O–H groups in total. The van der Waals surface area contributed by atoms with Gasteiger partial charge in [0.05, 0.1) is 0 Å². The van der Waals surface area contributed by atoms with Crippen molar-refractivity contribution in [3.8, 4) is 0 Å². The molecule has 0 saturated carbocycles. The number of hydrazine groups is 1. The van der Waals surface area contributed by atoms with Crippen molar-refractivity contribution in [3.63, 3.8) is 0 Å². The SMILES string of the molecule is CCCCC(C(=O)[O-])C(C)CC(=O)NNC(=O)c1ccccc1.[Na+]. The summed E-state index contributed by atoms with van der Waals surface area (Å²) in [5.41, 5.74) is 5.05. The number of benzene rings is 1. The van der Waals surface area contributed by atoms with Gasteiger partial charge in [-0.05, 0) is 24.5 Å². The molecule has 24 heavy (non-hydrogen) atoms. The predicted molar refractivity (Wildman–Crippen MR) is 83.9 cm³/mol. The van der Waals surface area contributed by atoms with Crippen molar-refractivity contribution < 1.29 is 49.0 Å². The molecule has 6 nitrogen and oxygen atoms in total. The second-order valence-electron chi connectivity index (χ2n) is 5.62. The molecule has 0 aromatic heterocycles. The average molecular weight is 342 g/mol. The quantitative estimate of drug-likeness (QED) is 0.423. The van der Waals surface area contributed by atoms with Gasteiger partial charge in [-0.3, -0.25) is 20.4 Å². The van der Waals surface area contributed by atoms with Gasteiger partial charge in [-0.2, -0.15) is 0 Å². The number of nitrogens with one attached hydrogen (secondary N) is 2. The van der Waals surface area contributed by atoms with Crippen LogP contribution in [0.25, 0.3) is 0 Å². The van der Waals surface area contributed by atoms with Crippen LogP contribution in [0.1, 0.15) is 49.9 Å². The number of aliphatic carboxylic acids is 1. The Morgan fingerprint density at radius 2 is 1.75 bits per heavy atom. The molecule has 0 bridgehead atoms. The first-order valence-electron chi connectivity index (χ1n) is 7.80. The summed E-state index contributed by atoms with van der Waals surface area (Å²) in [5, 5.41) is 11.2. The van der Waals surface area contributed by atoms with Gasteiger partial charge < -0.3 is 9.90 Å². The van der Waals surface area contributed by atoms with Crippen LogP contribution in [0, 0.1) is 11.8 Å². The van der Waals surface area contributed by atoms with Crippen LogP contribution in [0.3, 0.4) is 0 Å². The van der Waals surface area contributed by atoms with Crippen LogP contribution >= 0.6 is 0 Å². The Morgan fingerprint density at radius 3 is 2.29 bits per heavy atom. The molecule has 7 heteroatoms. The standard InChI is InChI=1S/C17H24N2O4.Na/c1-3-4-10-14(17(22)23)12(2)11-15(20)18-19-16(21)13-8-6-5-7-9-13;/h5-9,12,14H,3-4,10-11H2,1-2H3,(H,18,20)(H,19,21)(H,22,23);/q;+1/p-1. The third-order valence-corrected chi connectivity index (χ3v) is 3.72.